The largest absolute Gasteiger partial charge is 0.446 e. The van der Waals surface area contributed by atoms with Crippen LogP contribution in [0.5, 0.6) is 0 Å². The summed E-state index contributed by atoms with van der Waals surface area (Å²) in [5.74, 6) is 5.17. The molecule has 1 N–H and O–H groups in total. The predicted octanol–water partition coefficient (Wildman–Crippen LogP) is 8.13. The predicted molar refractivity (Wildman–Crippen MR) is 168 cm³/mol. The zero-order valence-corrected chi connectivity index (χ0v) is 27.7. The lowest BCUT2D eigenvalue weighted by molar-refractivity contribution is -0.118. The molecule has 4 rings (SSSR count). The van der Waals surface area contributed by atoms with E-state index in [0.29, 0.717) is 44.8 Å². The molecule has 42 heavy (non-hydrogen) atoms. The number of ketones is 1. The highest BCUT2D eigenvalue weighted by molar-refractivity contribution is 5.75. The van der Waals surface area contributed by atoms with Crippen LogP contribution in [0.1, 0.15) is 119 Å². The molecule has 8 atom stereocenters. The molecule has 0 aromatic heterocycles. The number of allylic oxidation sites excluding steroid dienone is 1. The van der Waals surface area contributed by atoms with Crippen molar-refractivity contribution in [1.82, 2.24) is 5.32 Å². The van der Waals surface area contributed by atoms with Gasteiger partial charge in [0.25, 0.3) is 0 Å². The van der Waals surface area contributed by atoms with Gasteiger partial charge >= 0.3 is 6.09 Å². The van der Waals surface area contributed by atoms with E-state index in [9.17, 15) is 9.59 Å². The lowest BCUT2D eigenvalue weighted by Crippen LogP contribution is -2.51. The summed E-state index contributed by atoms with van der Waals surface area (Å²) in [5.41, 5.74) is 2.34. The van der Waals surface area contributed by atoms with Crippen molar-refractivity contribution in [3.05, 3.63) is 11.6 Å². The fourth-order valence-corrected chi connectivity index (χ4v) is 9.71. The van der Waals surface area contributed by atoms with Crippen LogP contribution in [0.4, 0.5) is 4.79 Å². The highest BCUT2D eigenvalue weighted by Crippen LogP contribution is 2.67. The van der Waals surface area contributed by atoms with Crippen LogP contribution in [0.2, 0.25) is 0 Å². The summed E-state index contributed by atoms with van der Waals surface area (Å²) in [6.45, 7) is 16.2. The van der Waals surface area contributed by atoms with Crippen LogP contribution in [-0.2, 0) is 19.0 Å². The van der Waals surface area contributed by atoms with Crippen LogP contribution in [-0.4, -0.2) is 51.0 Å². The van der Waals surface area contributed by atoms with Crippen LogP contribution < -0.4 is 5.32 Å². The number of amides is 1. The number of hydrogen-bond donors (Lipinski definition) is 1. The van der Waals surface area contributed by atoms with E-state index < -0.39 is 0 Å². The van der Waals surface area contributed by atoms with Crippen LogP contribution >= 0.6 is 0 Å². The van der Waals surface area contributed by atoms with E-state index in [0.717, 1.165) is 54.8 Å². The molecule has 4 aliphatic carbocycles. The van der Waals surface area contributed by atoms with Gasteiger partial charge in [-0.05, 0) is 98.2 Å². The Morgan fingerprint density at radius 3 is 2.45 bits per heavy atom. The van der Waals surface area contributed by atoms with Crippen molar-refractivity contribution < 1.29 is 23.8 Å². The number of ether oxygens (including phenoxy) is 3. The van der Waals surface area contributed by atoms with Crippen LogP contribution in [0.3, 0.4) is 0 Å². The second kappa shape index (κ2) is 15.1. The van der Waals surface area contributed by atoms with E-state index in [1.165, 1.54) is 51.4 Å². The first-order chi connectivity index (χ1) is 20.0. The summed E-state index contributed by atoms with van der Waals surface area (Å²) < 4.78 is 16.7. The highest BCUT2D eigenvalue weighted by Gasteiger charge is 2.59. The molecule has 0 aliphatic heterocycles. The van der Waals surface area contributed by atoms with E-state index in [1.807, 2.05) is 0 Å². The van der Waals surface area contributed by atoms with E-state index in [1.54, 1.807) is 12.5 Å². The van der Waals surface area contributed by atoms with Gasteiger partial charge in [0.1, 0.15) is 11.9 Å². The van der Waals surface area contributed by atoms with Crippen molar-refractivity contribution in [2.75, 3.05) is 33.0 Å². The van der Waals surface area contributed by atoms with Gasteiger partial charge in [-0.25, -0.2) is 4.79 Å². The summed E-state index contributed by atoms with van der Waals surface area (Å²) in [4.78, 5) is 23.4. The quantitative estimate of drug-likeness (QED) is 0.155. The Morgan fingerprint density at radius 1 is 0.952 bits per heavy atom. The summed E-state index contributed by atoms with van der Waals surface area (Å²) in [7, 11) is 0. The molecule has 1 amide bonds. The van der Waals surface area contributed by atoms with Crippen molar-refractivity contribution in [2.24, 2.45) is 46.3 Å². The van der Waals surface area contributed by atoms with Crippen LogP contribution in [0.25, 0.3) is 0 Å². The molecule has 6 nitrogen and oxygen atoms in total. The lowest BCUT2D eigenvalue weighted by atomic mass is 9.47. The first-order valence-corrected chi connectivity index (χ1v) is 17.3. The van der Waals surface area contributed by atoms with Crippen molar-refractivity contribution in [2.45, 2.75) is 125 Å². The molecular weight excluding hydrogens is 526 g/mol. The van der Waals surface area contributed by atoms with Gasteiger partial charge in [-0.1, -0.05) is 65.5 Å². The van der Waals surface area contributed by atoms with Crippen molar-refractivity contribution >= 4 is 11.9 Å². The number of Topliss-reactive ketones (excluding diaryl/α,β-unsaturated/α-hetero) is 1. The Bertz CT molecular complexity index is 932. The van der Waals surface area contributed by atoms with E-state index in [2.05, 4.69) is 46.0 Å². The first kappa shape index (κ1) is 33.5. The van der Waals surface area contributed by atoms with Gasteiger partial charge < -0.3 is 19.5 Å². The van der Waals surface area contributed by atoms with Crippen LogP contribution in [0, 0.1) is 46.3 Å². The number of nitrogens with one attached hydrogen (secondary N) is 1. The summed E-state index contributed by atoms with van der Waals surface area (Å²) >= 11 is 0. The second-order valence-corrected chi connectivity index (χ2v) is 15.2. The van der Waals surface area contributed by atoms with E-state index in [-0.39, 0.29) is 23.4 Å². The molecular formula is C36H61NO5. The van der Waals surface area contributed by atoms with Gasteiger partial charge in [0.15, 0.2) is 0 Å². The van der Waals surface area contributed by atoms with Gasteiger partial charge in [-0.2, -0.15) is 0 Å². The molecule has 3 saturated carbocycles. The SMILES string of the molecule is CC(=O)CCOCCOCCNC(=O)O[C@H]1CC[C@@]2(C)C(=CC[C@H]3[C@@H]4CC[C@H]([C@H](C)CCCC(C)C)[C@@]4(C)CC[C@@H]32)C1. The third kappa shape index (κ3) is 8.00. The molecule has 0 unspecified atom stereocenters. The maximum atomic E-state index is 12.5. The Balaban J connectivity index is 1.22. The minimum absolute atomic E-state index is 0.0344. The lowest BCUT2D eigenvalue weighted by Gasteiger charge is -2.58. The standard InChI is InChI=1S/C36H61NO5/c1-25(2)8-7-9-26(3)31-12-13-32-30-11-10-28-24-29(14-17-35(28,5)33(30)15-18-36(31,32)6)42-34(39)37-19-21-41-23-22-40-20-16-27(4)38/h10,25-26,29-33H,7-9,11-24H2,1-6H3,(H,37,39)/t26-,29+,30+,31-,32+,33+,35+,36-/m1/s1. The molecule has 0 heterocycles. The molecule has 4 aliphatic rings. The normalized spacial score (nSPS) is 34.6. The molecule has 0 bridgehead atoms. The van der Waals surface area contributed by atoms with Crippen molar-refractivity contribution in [3.8, 4) is 0 Å². The second-order valence-electron chi connectivity index (χ2n) is 15.2. The highest BCUT2D eigenvalue weighted by atomic mass is 16.6. The van der Waals surface area contributed by atoms with E-state index >= 15 is 0 Å². The van der Waals surface area contributed by atoms with Crippen molar-refractivity contribution in [3.63, 3.8) is 0 Å². The zero-order valence-electron chi connectivity index (χ0n) is 27.7. The minimum atomic E-state index is -0.341. The van der Waals surface area contributed by atoms with Gasteiger partial charge in [-0.15, -0.1) is 0 Å². The smallest absolute Gasteiger partial charge is 0.407 e. The maximum Gasteiger partial charge on any atom is 0.407 e. The Kier molecular flexibility index (Phi) is 12.0. The monoisotopic (exact) mass is 587 g/mol. The molecule has 0 aromatic rings. The molecule has 0 spiro atoms. The Morgan fingerprint density at radius 2 is 1.71 bits per heavy atom. The molecule has 240 valence electrons. The summed E-state index contributed by atoms with van der Waals surface area (Å²) in [5, 5.41) is 2.84. The maximum absolute atomic E-state index is 12.5. The van der Waals surface area contributed by atoms with E-state index in [4.69, 9.17) is 14.2 Å². The van der Waals surface area contributed by atoms with Gasteiger partial charge in [0, 0.05) is 19.4 Å². The fourth-order valence-electron chi connectivity index (χ4n) is 9.71. The number of carbonyl (C=O) groups excluding carboxylic acids is 2. The van der Waals surface area contributed by atoms with Crippen LogP contribution in [0.15, 0.2) is 11.6 Å². The summed E-state index contributed by atoms with van der Waals surface area (Å²) in [6, 6.07) is 0. The van der Waals surface area contributed by atoms with Crippen molar-refractivity contribution in [1.29, 1.82) is 0 Å². The number of carbonyl (C=O) groups is 2. The van der Waals surface area contributed by atoms with Gasteiger partial charge in [-0.3, -0.25) is 4.79 Å². The molecule has 3 fully saturated rings. The number of fused-ring (bicyclic) bond motifs is 5. The topological polar surface area (TPSA) is 73.9 Å². The van der Waals surface area contributed by atoms with Gasteiger partial charge in [0.2, 0.25) is 0 Å². The zero-order chi connectivity index (χ0) is 30.3. The first-order valence-electron chi connectivity index (χ1n) is 17.3. The summed E-state index contributed by atoms with van der Waals surface area (Å²) in [6.07, 6.45) is 16.6. The Hall–Kier alpha value is -1.40. The van der Waals surface area contributed by atoms with Gasteiger partial charge in [0.05, 0.1) is 26.4 Å². The molecule has 0 aromatic carbocycles. The third-order valence-corrected chi connectivity index (χ3v) is 12.0. The molecule has 0 radical (unpaired) electrons. The fraction of sp³-hybridized carbons (Fsp3) is 0.889. The average Bonchev–Trinajstić information content (AvgIpc) is 3.29. The average molecular weight is 588 g/mol. The number of hydrogen-bond acceptors (Lipinski definition) is 5. The third-order valence-electron chi connectivity index (χ3n) is 12.0. The molecule has 6 heteroatoms. The molecule has 0 saturated heterocycles. The number of rotatable bonds is 15. The minimum Gasteiger partial charge on any atom is -0.446 e. The number of alkyl carbamates (subject to hydrolysis) is 1. The Labute approximate surface area is 256 Å².